The Morgan fingerprint density at radius 3 is 2.59 bits per heavy atom. The fourth-order valence-electron chi connectivity index (χ4n) is 1.32. The average Bonchev–Trinajstić information content (AvgIpc) is 2.56. The first-order chi connectivity index (χ1) is 7.87. The van der Waals surface area contributed by atoms with Crippen LogP contribution in [0.3, 0.4) is 0 Å². The Hall–Kier alpha value is -1.02. The molecule has 1 N–H and O–H groups in total. The van der Waals surface area contributed by atoms with Crippen molar-refractivity contribution in [3.05, 3.63) is 22.2 Å². The highest BCUT2D eigenvalue weighted by Crippen LogP contribution is 2.24. The van der Waals surface area contributed by atoms with Gasteiger partial charge in [-0.2, -0.15) is 4.98 Å². The van der Waals surface area contributed by atoms with Crippen molar-refractivity contribution < 1.29 is 0 Å². The lowest BCUT2D eigenvalue weighted by molar-refractivity contribution is 1.20. The van der Waals surface area contributed by atoms with Gasteiger partial charge in [-0.1, -0.05) is 37.2 Å². The molecule has 0 bridgehead atoms. The summed E-state index contributed by atoms with van der Waals surface area (Å²) in [5.74, 6) is 3.14. The first kappa shape index (κ1) is 12.4. The Bertz CT molecular complexity index is 632. The Labute approximate surface area is 111 Å². The minimum atomic E-state index is -1.41. The average molecular weight is 284 g/mol. The van der Waals surface area contributed by atoms with E-state index in [-0.39, 0.29) is 5.28 Å². The molecule has 0 saturated heterocycles. The molecule has 0 aromatic carbocycles. The second kappa shape index (κ2) is 4.34. The Balaban J connectivity index is 2.60. The Morgan fingerprint density at radius 2 is 1.94 bits per heavy atom. The SMILES string of the molecule is C[Si](C)(C)C#Cc1c[nH]c2nc(Cl)nc(Cl)c12. The summed E-state index contributed by atoms with van der Waals surface area (Å²) in [6.45, 7) is 6.55. The number of aromatic amines is 1. The predicted octanol–water partition coefficient (Wildman–Crippen LogP) is 3.49. The van der Waals surface area contributed by atoms with Crippen LogP contribution >= 0.6 is 23.2 Å². The topological polar surface area (TPSA) is 41.6 Å². The van der Waals surface area contributed by atoms with Crippen LogP contribution in [0.15, 0.2) is 6.20 Å². The lowest BCUT2D eigenvalue weighted by Crippen LogP contribution is -2.16. The normalized spacial score (nSPS) is 11.4. The van der Waals surface area contributed by atoms with Gasteiger partial charge in [0.05, 0.1) is 10.9 Å². The number of nitrogens with zero attached hydrogens (tertiary/aromatic N) is 2. The summed E-state index contributed by atoms with van der Waals surface area (Å²) in [5, 5.41) is 1.21. The maximum atomic E-state index is 6.05. The van der Waals surface area contributed by atoms with Crippen LogP contribution in [-0.2, 0) is 0 Å². The quantitative estimate of drug-likeness (QED) is 0.348. The van der Waals surface area contributed by atoms with Crippen molar-refractivity contribution in [3.8, 4) is 11.5 Å². The van der Waals surface area contributed by atoms with Gasteiger partial charge in [-0.15, -0.1) is 5.54 Å². The minimum Gasteiger partial charge on any atom is -0.345 e. The number of rotatable bonds is 0. The number of aromatic nitrogens is 3. The maximum Gasteiger partial charge on any atom is 0.225 e. The molecule has 0 aliphatic heterocycles. The van der Waals surface area contributed by atoms with Crippen molar-refractivity contribution >= 4 is 42.3 Å². The number of nitrogens with one attached hydrogen (secondary N) is 1. The summed E-state index contributed by atoms with van der Waals surface area (Å²) in [6, 6.07) is 0. The first-order valence-electron chi connectivity index (χ1n) is 5.10. The van der Waals surface area contributed by atoms with Gasteiger partial charge in [0.1, 0.15) is 18.9 Å². The molecule has 2 heterocycles. The van der Waals surface area contributed by atoms with E-state index in [2.05, 4.69) is 46.1 Å². The summed E-state index contributed by atoms with van der Waals surface area (Å²) in [7, 11) is -1.41. The van der Waals surface area contributed by atoms with Crippen molar-refractivity contribution in [2.75, 3.05) is 0 Å². The van der Waals surface area contributed by atoms with Gasteiger partial charge in [0, 0.05) is 6.20 Å². The second-order valence-electron chi connectivity index (χ2n) is 4.71. The summed E-state index contributed by atoms with van der Waals surface area (Å²) >= 11 is 11.8. The fourth-order valence-corrected chi connectivity index (χ4v) is 2.31. The van der Waals surface area contributed by atoms with E-state index >= 15 is 0 Å². The van der Waals surface area contributed by atoms with Crippen LogP contribution in [0, 0.1) is 11.5 Å². The largest absolute Gasteiger partial charge is 0.345 e. The highest BCUT2D eigenvalue weighted by Gasteiger charge is 2.12. The lowest BCUT2D eigenvalue weighted by atomic mass is 10.2. The van der Waals surface area contributed by atoms with E-state index in [9.17, 15) is 0 Å². The van der Waals surface area contributed by atoms with E-state index in [1.807, 2.05) is 0 Å². The first-order valence-corrected chi connectivity index (χ1v) is 9.36. The molecule has 0 aliphatic carbocycles. The number of fused-ring (bicyclic) bond motifs is 1. The van der Waals surface area contributed by atoms with Gasteiger partial charge >= 0.3 is 0 Å². The van der Waals surface area contributed by atoms with Crippen molar-refractivity contribution in [2.45, 2.75) is 19.6 Å². The lowest BCUT2D eigenvalue weighted by Gasteiger charge is -2.03. The van der Waals surface area contributed by atoms with Crippen LogP contribution in [0.25, 0.3) is 11.0 Å². The molecule has 2 aromatic heterocycles. The van der Waals surface area contributed by atoms with E-state index in [0.717, 1.165) is 10.9 Å². The van der Waals surface area contributed by atoms with E-state index in [0.29, 0.717) is 10.8 Å². The van der Waals surface area contributed by atoms with Gasteiger partial charge in [-0.05, 0) is 11.6 Å². The third-order valence-corrected chi connectivity index (χ3v) is 3.35. The van der Waals surface area contributed by atoms with Crippen LogP contribution in [0.1, 0.15) is 5.56 Å². The summed E-state index contributed by atoms with van der Waals surface area (Å²) in [4.78, 5) is 11.0. The third kappa shape index (κ3) is 2.81. The van der Waals surface area contributed by atoms with Gasteiger partial charge < -0.3 is 4.98 Å². The van der Waals surface area contributed by atoms with Crippen molar-refractivity contribution in [3.63, 3.8) is 0 Å². The molecule has 3 nitrogen and oxygen atoms in total. The second-order valence-corrected chi connectivity index (χ2v) is 10.2. The highest BCUT2D eigenvalue weighted by atomic mass is 35.5. The van der Waals surface area contributed by atoms with Crippen molar-refractivity contribution in [2.24, 2.45) is 0 Å². The van der Waals surface area contributed by atoms with E-state index < -0.39 is 8.07 Å². The smallest absolute Gasteiger partial charge is 0.225 e. The molecule has 0 spiro atoms. The van der Waals surface area contributed by atoms with E-state index in [1.54, 1.807) is 6.20 Å². The number of H-pyrrole nitrogens is 1. The molecule has 0 atom stereocenters. The molecule has 88 valence electrons. The van der Waals surface area contributed by atoms with Gasteiger partial charge in [-0.3, -0.25) is 0 Å². The minimum absolute atomic E-state index is 0.133. The fraction of sp³-hybridized carbons (Fsp3) is 0.273. The number of halogens is 2. The van der Waals surface area contributed by atoms with Gasteiger partial charge in [-0.25, -0.2) is 4.98 Å². The molecule has 0 radical (unpaired) electrons. The summed E-state index contributed by atoms with van der Waals surface area (Å²) < 4.78 is 0. The zero-order valence-corrected chi connectivity index (χ0v) is 12.2. The van der Waals surface area contributed by atoms with E-state index in [1.165, 1.54) is 0 Å². The number of hydrogen-bond donors (Lipinski definition) is 1. The zero-order valence-electron chi connectivity index (χ0n) is 9.73. The Morgan fingerprint density at radius 1 is 1.24 bits per heavy atom. The van der Waals surface area contributed by atoms with Crippen molar-refractivity contribution in [1.29, 1.82) is 0 Å². The molecule has 0 amide bonds. The predicted molar refractivity (Wildman–Crippen MR) is 74.1 cm³/mol. The molecule has 0 aliphatic rings. The van der Waals surface area contributed by atoms with E-state index in [4.69, 9.17) is 23.2 Å². The highest BCUT2D eigenvalue weighted by molar-refractivity contribution is 6.83. The summed E-state index contributed by atoms with van der Waals surface area (Å²) in [6.07, 6.45) is 1.79. The summed E-state index contributed by atoms with van der Waals surface area (Å²) in [5.41, 5.74) is 4.72. The van der Waals surface area contributed by atoms with Crippen molar-refractivity contribution in [1.82, 2.24) is 15.0 Å². The maximum absolute atomic E-state index is 6.05. The van der Waals surface area contributed by atoms with Crippen LogP contribution in [-0.4, -0.2) is 23.0 Å². The molecule has 0 saturated carbocycles. The molecule has 0 unspecified atom stereocenters. The molecular weight excluding hydrogens is 273 g/mol. The Kier molecular flexibility index (Phi) is 3.17. The zero-order chi connectivity index (χ0) is 12.6. The van der Waals surface area contributed by atoms with Crippen LogP contribution < -0.4 is 0 Å². The third-order valence-electron chi connectivity index (χ3n) is 2.03. The van der Waals surface area contributed by atoms with Crippen LogP contribution in [0.4, 0.5) is 0 Å². The molecule has 2 aromatic rings. The van der Waals surface area contributed by atoms with Crippen LogP contribution in [0.2, 0.25) is 30.1 Å². The molecule has 17 heavy (non-hydrogen) atoms. The molecule has 2 rings (SSSR count). The van der Waals surface area contributed by atoms with Crippen LogP contribution in [0.5, 0.6) is 0 Å². The monoisotopic (exact) mass is 283 g/mol. The van der Waals surface area contributed by atoms with Gasteiger partial charge in [0.25, 0.3) is 0 Å². The van der Waals surface area contributed by atoms with Gasteiger partial charge in [0.2, 0.25) is 5.28 Å². The molecule has 0 fully saturated rings. The standard InChI is InChI=1S/C11H11Cl2N3Si/c1-17(2,3)5-4-7-6-14-10-8(7)9(12)15-11(13)16-10/h6H,1-3H3,(H,14,15,16). The molecule has 6 heteroatoms. The van der Waals surface area contributed by atoms with Gasteiger partial charge in [0.15, 0.2) is 0 Å². The molecular formula is C11H11Cl2N3Si. The number of hydrogen-bond acceptors (Lipinski definition) is 2.